The van der Waals surface area contributed by atoms with Gasteiger partial charge in [0.05, 0.1) is 5.75 Å². The van der Waals surface area contributed by atoms with Crippen LogP contribution in [0.1, 0.15) is 26.2 Å². The monoisotopic (exact) mass is 191 g/mol. The van der Waals surface area contributed by atoms with Gasteiger partial charge in [0.25, 0.3) is 0 Å². The van der Waals surface area contributed by atoms with Gasteiger partial charge in [-0.1, -0.05) is 6.92 Å². The van der Waals surface area contributed by atoms with E-state index < -0.39 is 9.84 Å². The average Bonchev–Trinajstić information content (AvgIpc) is 2.70. The van der Waals surface area contributed by atoms with Crippen molar-refractivity contribution in [1.82, 2.24) is 5.32 Å². The van der Waals surface area contributed by atoms with Crippen molar-refractivity contribution in [2.45, 2.75) is 32.2 Å². The number of sulfone groups is 1. The van der Waals surface area contributed by atoms with E-state index in [1.807, 2.05) is 6.92 Å². The Labute approximate surface area is 74.5 Å². The molecule has 0 spiro atoms. The van der Waals surface area contributed by atoms with Gasteiger partial charge >= 0.3 is 0 Å². The molecule has 0 radical (unpaired) electrons. The Morgan fingerprint density at radius 1 is 1.33 bits per heavy atom. The minimum atomic E-state index is -2.76. The summed E-state index contributed by atoms with van der Waals surface area (Å²) < 4.78 is 22.4. The lowest BCUT2D eigenvalue weighted by molar-refractivity contribution is 0.589. The van der Waals surface area contributed by atoms with Crippen molar-refractivity contribution >= 4 is 9.84 Å². The maximum atomic E-state index is 11.2. The lowest BCUT2D eigenvalue weighted by Gasteiger charge is -2.02. The summed E-state index contributed by atoms with van der Waals surface area (Å²) >= 11 is 0. The molecular weight excluding hydrogens is 174 g/mol. The Balaban J connectivity index is 2.10. The number of hydrogen-bond donors (Lipinski definition) is 1. The fourth-order valence-corrected chi connectivity index (χ4v) is 2.37. The molecule has 1 saturated carbocycles. The second-order valence-electron chi connectivity index (χ2n) is 3.38. The largest absolute Gasteiger partial charge is 0.313 e. The van der Waals surface area contributed by atoms with Crippen molar-refractivity contribution < 1.29 is 8.42 Å². The third-order valence-corrected chi connectivity index (χ3v) is 3.79. The molecule has 0 bridgehead atoms. The van der Waals surface area contributed by atoms with Crippen LogP contribution in [0, 0.1) is 0 Å². The fourth-order valence-electron chi connectivity index (χ4n) is 1.12. The Kier molecular flexibility index (Phi) is 3.53. The number of nitrogens with one attached hydrogen (secondary N) is 1. The van der Waals surface area contributed by atoms with Gasteiger partial charge in [0.1, 0.15) is 0 Å². The Morgan fingerprint density at radius 2 is 2.00 bits per heavy atom. The third-order valence-electron chi connectivity index (χ3n) is 1.94. The van der Waals surface area contributed by atoms with E-state index in [-0.39, 0.29) is 0 Å². The smallest absolute Gasteiger partial charge is 0.151 e. The molecule has 0 aromatic heterocycles. The first-order valence-corrected chi connectivity index (χ1v) is 6.40. The van der Waals surface area contributed by atoms with Gasteiger partial charge in [-0.05, 0) is 19.3 Å². The summed E-state index contributed by atoms with van der Waals surface area (Å²) in [6.07, 6.45) is 3.16. The molecule has 0 saturated heterocycles. The first-order chi connectivity index (χ1) is 5.64. The molecular formula is C8H17NO2S. The summed E-state index contributed by atoms with van der Waals surface area (Å²) in [5, 5.41) is 3.19. The quantitative estimate of drug-likeness (QED) is 0.667. The molecule has 0 heterocycles. The van der Waals surface area contributed by atoms with Crippen LogP contribution in [-0.4, -0.2) is 32.5 Å². The van der Waals surface area contributed by atoms with Gasteiger partial charge in [-0.3, -0.25) is 0 Å². The van der Waals surface area contributed by atoms with E-state index in [0.29, 0.717) is 24.1 Å². The molecule has 12 heavy (non-hydrogen) atoms. The van der Waals surface area contributed by atoms with E-state index in [4.69, 9.17) is 0 Å². The maximum Gasteiger partial charge on any atom is 0.151 e. The zero-order chi connectivity index (χ0) is 9.03. The molecule has 1 aliphatic rings. The molecule has 0 aliphatic heterocycles. The summed E-state index contributed by atoms with van der Waals surface area (Å²) in [5.74, 6) is 0.636. The average molecular weight is 191 g/mol. The SMILES string of the molecule is CCCS(=O)(=O)CCNC1CC1. The van der Waals surface area contributed by atoms with E-state index in [9.17, 15) is 8.42 Å². The highest BCUT2D eigenvalue weighted by Gasteiger charge is 2.20. The molecule has 1 N–H and O–H groups in total. The molecule has 1 fully saturated rings. The normalized spacial score (nSPS) is 18.1. The van der Waals surface area contributed by atoms with Gasteiger partial charge in [0, 0.05) is 18.3 Å². The molecule has 0 atom stereocenters. The standard InChI is InChI=1S/C8H17NO2S/c1-2-6-12(10,11)7-5-9-8-3-4-8/h8-9H,2-7H2,1H3. The van der Waals surface area contributed by atoms with Crippen molar-refractivity contribution in [3.05, 3.63) is 0 Å². The second-order valence-corrected chi connectivity index (χ2v) is 5.68. The van der Waals surface area contributed by atoms with E-state index in [2.05, 4.69) is 5.32 Å². The third kappa shape index (κ3) is 4.07. The Morgan fingerprint density at radius 3 is 2.50 bits per heavy atom. The van der Waals surface area contributed by atoms with Gasteiger partial charge in [-0.2, -0.15) is 0 Å². The maximum absolute atomic E-state index is 11.2. The summed E-state index contributed by atoms with van der Waals surface area (Å²) in [4.78, 5) is 0. The second kappa shape index (κ2) is 4.23. The van der Waals surface area contributed by atoms with Crippen LogP contribution < -0.4 is 5.32 Å². The predicted molar refractivity (Wildman–Crippen MR) is 50.0 cm³/mol. The highest BCUT2D eigenvalue weighted by Crippen LogP contribution is 2.18. The minimum Gasteiger partial charge on any atom is -0.313 e. The van der Waals surface area contributed by atoms with Crippen LogP contribution in [0.3, 0.4) is 0 Å². The van der Waals surface area contributed by atoms with Gasteiger partial charge in [0.15, 0.2) is 9.84 Å². The molecule has 3 nitrogen and oxygen atoms in total. The molecule has 0 unspecified atom stereocenters. The van der Waals surface area contributed by atoms with Crippen LogP contribution in [-0.2, 0) is 9.84 Å². The Bertz CT molecular complexity index is 219. The molecule has 1 rings (SSSR count). The van der Waals surface area contributed by atoms with Gasteiger partial charge < -0.3 is 5.32 Å². The zero-order valence-electron chi connectivity index (χ0n) is 7.54. The van der Waals surface area contributed by atoms with Gasteiger partial charge in [-0.15, -0.1) is 0 Å². The summed E-state index contributed by atoms with van der Waals surface area (Å²) in [6.45, 7) is 2.53. The lowest BCUT2D eigenvalue weighted by atomic mass is 10.6. The summed E-state index contributed by atoms with van der Waals surface area (Å²) in [6, 6.07) is 0.613. The highest BCUT2D eigenvalue weighted by atomic mass is 32.2. The van der Waals surface area contributed by atoms with E-state index in [0.717, 1.165) is 6.42 Å². The van der Waals surface area contributed by atoms with Crippen LogP contribution in [0.25, 0.3) is 0 Å². The van der Waals surface area contributed by atoms with E-state index in [1.165, 1.54) is 12.8 Å². The predicted octanol–water partition coefficient (Wildman–Crippen LogP) is 0.563. The lowest BCUT2D eigenvalue weighted by Crippen LogP contribution is -2.25. The van der Waals surface area contributed by atoms with Crippen molar-refractivity contribution in [3.63, 3.8) is 0 Å². The van der Waals surface area contributed by atoms with Crippen molar-refractivity contribution in [2.24, 2.45) is 0 Å². The Hall–Kier alpha value is -0.0900. The van der Waals surface area contributed by atoms with E-state index >= 15 is 0 Å². The summed E-state index contributed by atoms with van der Waals surface area (Å²) in [5.41, 5.74) is 0. The van der Waals surface area contributed by atoms with Gasteiger partial charge in [-0.25, -0.2) is 8.42 Å². The molecule has 0 amide bonds. The van der Waals surface area contributed by atoms with Crippen LogP contribution in [0.5, 0.6) is 0 Å². The first-order valence-electron chi connectivity index (χ1n) is 4.58. The number of rotatable bonds is 6. The number of hydrogen-bond acceptors (Lipinski definition) is 3. The highest BCUT2D eigenvalue weighted by molar-refractivity contribution is 7.91. The molecule has 0 aromatic carbocycles. The van der Waals surface area contributed by atoms with Crippen molar-refractivity contribution in [3.8, 4) is 0 Å². The van der Waals surface area contributed by atoms with Crippen molar-refractivity contribution in [1.29, 1.82) is 0 Å². The molecule has 72 valence electrons. The first kappa shape index (κ1) is 9.99. The zero-order valence-corrected chi connectivity index (χ0v) is 8.36. The van der Waals surface area contributed by atoms with Gasteiger partial charge in [0.2, 0.25) is 0 Å². The van der Waals surface area contributed by atoms with Crippen LogP contribution in [0.15, 0.2) is 0 Å². The summed E-state index contributed by atoms with van der Waals surface area (Å²) in [7, 11) is -2.76. The minimum absolute atomic E-state index is 0.303. The molecule has 4 heteroatoms. The van der Waals surface area contributed by atoms with Crippen LogP contribution in [0.4, 0.5) is 0 Å². The van der Waals surface area contributed by atoms with Crippen LogP contribution >= 0.6 is 0 Å². The van der Waals surface area contributed by atoms with Crippen molar-refractivity contribution in [2.75, 3.05) is 18.1 Å². The van der Waals surface area contributed by atoms with E-state index in [1.54, 1.807) is 0 Å². The fraction of sp³-hybridized carbons (Fsp3) is 1.00. The van der Waals surface area contributed by atoms with Crippen LogP contribution in [0.2, 0.25) is 0 Å². The topological polar surface area (TPSA) is 46.2 Å². The molecule has 1 aliphatic carbocycles. The molecule has 0 aromatic rings.